The smallest absolute Gasteiger partial charge is 0.306 e. The summed E-state index contributed by atoms with van der Waals surface area (Å²) in [5.41, 5.74) is 0. The number of hydrogen-bond donors (Lipinski definition) is 1. The monoisotopic (exact) mass is 584 g/mol. The first-order chi connectivity index (χ1) is 20.6. The molecule has 5 nitrogen and oxygen atoms in total. The zero-order valence-electron chi connectivity index (χ0n) is 26.7. The average molecular weight is 585 g/mol. The first-order valence-electron chi connectivity index (χ1n) is 16.6. The highest BCUT2D eigenvalue weighted by atomic mass is 16.6. The van der Waals surface area contributed by atoms with E-state index in [0.717, 1.165) is 57.8 Å². The van der Waals surface area contributed by atoms with Crippen LogP contribution < -0.4 is 0 Å². The maximum atomic E-state index is 12.1. The molecule has 0 amide bonds. The number of rotatable bonds is 28. The minimum atomic E-state index is -0.795. The summed E-state index contributed by atoms with van der Waals surface area (Å²) in [5.74, 6) is -0.661. The molecule has 1 unspecified atom stereocenters. The predicted octanol–water partition coefficient (Wildman–Crippen LogP) is 9.83. The van der Waals surface area contributed by atoms with Gasteiger partial charge in [0.25, 0.3) is 0 Å². The van der Waals surface area contributed by atoms with Gasteiger partial charge in [-0.25, -0.2) is 0 Å². The second-order valence-electron chi connectivity index (χ2n) is 10.6. The van der Waals surface area contributed by atoms with Crippen LogP contribution in [0, 0.1) is 0 Å². The molecule has 1 atom stereocenters. The van der Waals surface area contributed by atoms with E-state index < -0.39 is 6.10 Å². The van der Waals surface area contributed by atoms with Crippen molar-refractivity contribution in [3.8, 4) is 0 Å². The second-order valence-corrected chi connectivity index (χ2v) is 10.6. The van der Waals surface area contributed by atoms with Gasteiger partial charge < -0.3 is 14.6 Å². The number of unbranched alkanes of at least 4 members (excludes halogenated alkanes) is 12. The highest BCUT2D eigenvalue weighted by molar-refractivity contribution is 5.70. The molecule has 0 rings (SSSR count). The van der Waals surface area contributed by atoms with Crippen LogP contribution in [-0.2, 0) is 19.1 Å². The van der Waals surface area contributed by atoms with Crippen molar-refractivity contribution in [2.75, 3.05) is 13.2 Å². The summed E-state index contributed by atoms with van der Waals surface area (Å²) in [6, 6.07) is 0. The molecule has 0 bridgehead atoms. The molecule has 0 aliphatic rings. The van der Waals surface area contributed by atoms with Gasteiger partial charge in [-0.15, -0.1) is 0 Å². The molecule has 0 heterocycles. The number of aliphatic hydroxyl groups is 1. The van der Waals surface area contributed by atoms with Crippen molar-refractivity contribution >= 4 is 11.9 Å². The third-order valence-corrected chi connectivity index (χ3v) is 6.61. The number of esters is 2. The molecule has 0 radical (unpaired) electrons. The minimum Gasteiger partial charge on any atom is -0.462 e. The Bertz CT molecular complexity index is 803. The molecule has 42 heavy (non-hydrogen) atoms. The minimum absolute atomic E-state index is 0.0953. The van der Waals surface area contributed by atoms with Crippen LogP contribution in [0.2, 0.25) is 0 Å². The van der Waals surface area contributed by atoms with Gasteiger partial charge in [-0.2, -0.15) is 0 Å². The summed E-state index contributed by atoms with van der Waals surface area (Å²) in [6.45, 7) is 3.89. The summed E-state index contributed by atoms with van der Waals surface area (Å²) < 4.78 is 10.5. The molecule has 1 N–H and O–H groups in total. The van der Waals surface area contributed by atoms with Crippen LogP contribution in [0.1, 0.15) is 129 Å². The molecule has 238 valence electrons. The fourth-order valence-electron chi connectivity index (χ4n) is 4.08. The Hall–Kier alpha value is -2.66. The van der Waals surface area contributed by atoms with E-state index in [1.807, 2.05) is 36.5 Å². The quantitative estimate of drug-likeness (QED) is 0.0563. The number of aliphatic hydroxyl groups excluding tert-OH is 1. The first kappa shape index (κ1) is 39.3. The Morgan fingerprint density at radius 2 is 1.02 bits per heavy atom. The molecule has 5 heteroatoms. The Kier molecular flexibility index (Phi) is 30.8. The summed E-state index contributed by atoms with van der Waals surface area (Å²) in [4.78, 5) is 24.1. The molecule has 0 saturated carbocycles. The van der Waals surface area contributed by atoms with Crippen molar-refractivity contribution in [3.05, 3.63) is 72.9 Å². The van der Waals surface area contributed by atoms with E-state index in [1.165, 1.54) is 44.9 Å². The fraction of sp³-hybridized carbons (Fsp3) is 0.622. The maximum Gasteiger partial charge on any atom is 0.306 e. The predicted molar refractivity (Wildman–Crippen MR) is 177 cm³/mol. The molecule has 0 aromatic carbocycles. The van der Waals surface area contributed by atoms with Crippen molar-refractivity contribution in [2.45, 2.75) is 136 Å². The van der Waals surface area contributed by atoms with Crippen LogP contribution in [0.3, 0.4) is 0 Å². The average Bonchev–Trinajstić information content (AvgIpc) is 2.99. The number of allylic oxidation sites excluding steroid dienone is 12. The van der Waals surface area contributed by atoms with E-state index in [9.17, 15) is 14.7 Å². The van der Waals surface area contributed by atoms with Gasteiger partial charge in [-0.1, -0.05) is 132 Å². The van der Waals surface area contributed by atoms with E-state index in [-0.39, 0.29) is 25.2 Å². The van der Waals surface area contributed by atoms with E-state index in [0.29, 0.717) is 12.8 Å². The molecule has 0 aromatic rings. The van der Waals surface area contributed by atoms with Crippen molar-refractivity contribution in [3.63, 3.8) is 0 Å². The van der Waals surface area contributed by atoms with Crippen LogP contribution in [-0.4, -0.2) is 36.4 Å². The summed E-state index contributed by atoms with van der Waals surface area (Å²) in [7, 11) is 0. The van der Waals surface area contributed by atoms with Crippen molar-refractivity contribution in [1.82, 2.24) is 0 Å². The zero-order valence-corrected chi connectivity index (χ0v) is 26.7. The zero-order chi connectivity index (χ0) is 30.8. The van der Waals surface area contributed by atoms with Gasteiger partial charge in [0.15, 0.2) is 6.10 Å². The summed E-state index contributed by atoms with van der Waals surface area (Å²) >= 11 is 0. The first-order valence-corrected chi connectivity index (χ1v) is 16.6. The number of hydrogen-bond acceptors (Lipinski definition) is 5. The highest BCUT2D eigenvalue weighted by Crippen LogP contribution is 2.11. The van der Waals surface area contributed by atoms with Crippen LogP contribution >= 0.6 is 0 Å². The van der Waals surface area contributed by atoms with Gasteiger partial charge in [0.2, 0.25) is 0 Å². The lowest BCUT2D eigenvalue weighted by molar-refractivity contribution is -0.161. The lowest BCUT2D eigenvalue weighted by Crippen LogP contribution is -2.28. The van der Waals surface area contributed by atoms with Crippen LogP contribution in [0.15, 0.2) is 72.9 Å². The molecule has 0 fully saturated rings. The molecular weight excluding hydrogens is 524 g/mol. The third-order valence-electron chi connectivity index (χ3n) is 6.61. The van der Waals surface area contributed by atoms with Gasteiger partial charge >= 0.3 is 11.9 Å². The highest BCUT2D eigenvalue weighted by Gasteiger charge is 2.16. The third kappa shape index (κ3) is 30.3. The van der Waals surface area contributed by atoms with Crippen LogP contribution in [0.5, 0.6) is 0 Å². The van der Waals surface area contributed by atoms with Gasteiger partial charge in [0.05, 0.1) is 6.61 Å². The van der Waals surface area contributed by atoms with Gasteiger partial charge in [-0.3, -0.25) is 9.59 Å². The van der Waals surface area contributed by atoms with Gasteiger partial charge in [-0.05, 0) is 57.8 Å². The Labute approximate surface area is 257 Å². The summed E-state index contributed by atoms with van der Waals surface area (Å²) in [5, 5.41) is 9.50. The van der Waals surface area contributed by atoms with Gasteiger partial charge in [0, 0.05) is 12.8 Å². The molecule has 0 spiro atoms. The largest absolute Gasteiger partial charge is 0.462 e. The van der Waals surface area contributed by atoms with Crippen molar-refractivity contribution in [1.29, 1.82) is 0 Å². The Morgan fingerprint density at radius 1 is 0.571 bits per heavy atom. The second kappa shape index (κ2) is 32.8. The van der Waals surface area contributed by atoms with Gasteiger partial charge in [0.1, 0.15) is 6.61 Å². The molecule has 0 aromatic heterocycles. The summed E-state index contributed by atoms with van der Waals surface area (Å²) in [6.07, 6.45) is 42.3. The topological polar surface area (TPSA) is 72.8 Å². The molecule has 0 saturated heterocycles. The number of carbonyl (C=O) groups excluding carboxylic acids is 2. The Morgan fingerprint density at radius 3 is 1.60 bits per heavy atom. The van der Waals surface area contributed by atoms with Crippen LogP contribution in [0.25, 0.3) is 0 Å². The normalized spacial score (nSPS) is 13.1. The van der Waals surface area contributed by atoms with Crippen LogP contribution in [0.4, 0.5) is 0 Å². The van der Waals surface area contributed by atoms with Crippen molar-refractivity contribution in [2.24, 2.45) is 0 Å². The standard InChI is InChI=1S/C37H60O5/c1-3-5-7-9-11-13-15-17-18-20-22-24-26-28-30-32-37(40)42-35(33-38)34-41-36(39)31-29-27-25-23-21-19-16-14-12-10-8-6-4-2/h6,8,10-17,19,21,35,38H,3-5,7,9,18,20,22-34H2,1-2H3/b8-6+,12-10+,13-11+,16-14+,17-15+,21-19+. The lowest BCUT2D eigenvalue weighted by Gasteiger charge is -2.15. The van der Waals surface area contributed by atoms with Crippen molar-refractivity contribution < 1.29 is 24.2 Å². The SMILES string of the molecule is CC/C=C/C=C/C=C/C=C/CCCCCC(=O)OCC(CO)OC(=O)CCCCCCCC/C=C/C=C/CCCCC. The van der Waals surface area contributed by atoms with E-state index in [1.54, 1.807) is 0 Å². The Balaban J connectivity index is 3.71. The van der Waals surface area contributed by atoms with E-state index >= 15 is 0 Å². The number of ether oxygens (including phenoxy) is 2. The number of carbonyl (C=O) groups is 2. The maximum absolute atomic E-state index is 12.1. The molecular formula is C37H60O5. The molecule has 0 aliphatic heterocycles. The van der Waals surface area contributed by atoms with E-state index in [4.69, 9.17) is 9.47 Å². The lowest BCUT2D eigenvalue weighted by atomic mass is 10.1. The molecule has 0 aliphatic carbocycles. The van der Waals surface area contributed by atoms with E-state index in [2.05, 4.69) is 50.3 Å². The fourth-order valence-corrected chi connectivity index (χ4v) is 4.08.